The molecule has 9 heteroatoms. The molecule has 0 radical (unpaired) electrons. The summed E-state index contributed by atoms with van der Waals surface area (Å²) < 4.78 is 7.26. The largest absolute Gasteiger partial charge is 0.476 e. The minimum Gasteiger partial charge on any atom is -0.476 e. The maximum absolute atomic E-state index is 13.2. The SMILES string of the molecule is COc1nn(-c2cccc(NC(C)=O)c2)c(=O)n(Cc2ccc3ncccc3c2)c1=O. The van der Waals surface area contributed by atoms with Crippen LogP contribution >= 0.6 is 0 Å². The highest BCUT2D eigenvalue weighted by molar-refractivity contribution is 5.88. The number of carbonyl (C=O) groups is 1. The van der Waals surface area contributed by atoms with E-state index in [-0.39, 0.29) is 18.3 Å². The third-order valence-corrected chi connectivity index (χ3v) is 4.64. The van der Waals surface area contributed by atoms with Crippen LogP contribution in [0.5, 0.6) is 5.88 Å². The molecule has 0 atom stereocenters. The molecule has 2 aromatic heterocycles. The molecule has 0 aliphatic carbocycles. The minimum absolute atomic E-state index is 0.0345. The van der Waals surface area contributed by atoms with Crippen LogP contribution in [0.4, 0.5) is 5.69 Å². The Hall–Kier alpha value is -4.27. The van der Waals surface area contributed by atoms with Gasteiger partial charge in [-0.15, -0.1) is 5.10 Å². The molecule has 0 aliphatic heterocycles. The van der Waals surface area contributed by atoms with Gasteiger partial charge in [-0.3, -0.25) is 14.6 Å². The van der Waals surface area contributed by atoms with Crippen molar-refractivity contribution in [1.29, 1.82) is 0 Å². The number of carbonyl (C=O) groups excluding carboxylic acids is 1. The highest BCUT2D eigenvalue weighted by Gasteiger charge is 2.16. The molecule has 0 spiro atoms. The summed E-state index contributed by atoms with van der Waals surface area (Å²) in [6, 6.07) is 15.9. The maximum Gasteiger partial charge on any atom is 0.352 e. The van der Waals surface area contributed by atoms with Crippen LogP contribution in [-0.4, -0.2) is 32.3 Å². The van der Waals surface area contributed by atoms with Crippen LogP contribution < -0.4 is 21.3 Å². The van der Waals surface area contributed by atoms with E-state index in [2.05, 4.69) is 15.4 Å². The van der Waals surface area contributed by atoms with Crippen LogP contribution in [0.2, 0.25) is 0 Å². The van der Waals surface area contributed by atoms with Crippen molar-refractivity contribution in [2.24, 2.45) is 0 Å². The first kappa shape index (κ1) is 20.0. The zero-order valence-corrected chi connectivity index (χ0v) is 16.9. The van der Waals surface area contributed by atoms with Crippen molar-refractivity contribution in [3.63, 3.8) is 0 Å². The second-order valence-corrected chi connectivity index (χ2v) is 6.86. The van der Waals surface area contributed by atoms with Crippen LogP contribution in [0, 0.1) is 0 Å². The molecule has 0 unspecified atom stereocenters. The van der Waals surface area contributed by atoms with Gasteiger partial charge >= 0.3 is 11.2 Å². The van der Waals surface area contributed by atoms with Gasteiger partial charge in [0, 0.05) is 24.2 Å². The van der Waals surface area contributed by atoms with Gasteiger partial charge in [-0.1, -0.05) is 18.2 Å². The number of anilines is 1. The normalized spacial score (nSPS) is 10.8. The summed E-state index contributed by atoms with van der Waals surface area (Å²) in [6.45, 7) is 1.42. The van der Waals surface area contributed by atoms with Crippen LogP contribution in [0.25, 0.3) is 16.6 Å². The number of pyridine rings is 1. The number of amides is 1. The lowest BCUT2D eigenvalue weighted by Crippen LogP contribution is -2.41. The van der Waals surface area contributed by atoms with Crippen molar-refractivity contribution in [2.45, 2.75) is 13.5 Å². The zero-order valence-electron chi connectivity index (χ0n) is 16.9. The van der Waals surface area contributed by atoms with Crippen molar-refractivity contribution in [1.82, 2.24) is 19.3 Å². The summed E-state index contributed by atoms with van der Waals surface area (Å²) in [6.07, 6.45) is 1.70. The number of hydrogen-bond donors (Lipinski definition) is 1. The molecule has 9 nitrogen and oxygen atoms in total. The van der Waals surface area contributed by atoms with E-state index < -0.39 is 11.2 Å². The third kappa shape index (κ3) is 4.06. The number of methoxy groups -OCH3 is 1. The number of hydrogen-bond acceptors (Lipinski definition) is 6. The first-order chi connectivity index (χ1) is 15.0. The molecule has 156 valence electrons. The van der Waals surface area contributed by atoms with Gasteiger partial charge in [0.1, 0.15) is 0 Å². The molecular formula is C22H19N5O4. The highest BCUT2D eigenvalue weighted by atomic mass is 16.5. The average molecular weight is 417 g/mol. The van der Waals surface area contributed by atoms with Crippen molar-refractivity contribution in [3.05, 3.63) is 87.2 Å². The second-order valence-electron chi connectivity index (χ2n) is 6.86. The molecule has 0 saturated carbocycles. The number of nitrogens with one attached hydrogen (secondary N) is 1. The Morgan fingerprint density at radius 3 is 2.71 bits per heavy atom. The van der Waals surface area contributed by atoms with E-state index >= 15 is 0 Å². The second kappa shape index (κ2) is 8.23. The fourth-order valence-electron chi connectivity index (χ4n) is 3.25. The van der Waals surface area contributed by atoms with Crippen molar-refractivity contribution >= 4 is 22.5 Å². The fourth-order valence-corrected chi connectivity index (χ4v) is 3.25. The van der Waals surface area contributed by atoms with Gasteiger partial charge in [0.15, 0.2) is 0 Å². The third-order valence-electron chi connectivity index (χ3n) is 4.64. The predicted octanol–water partition coefficient (Wildman–Crippen LogP) is 1.96. The molecule has 1 N–H and O–H groups in total. The maximum atomic E-state index is 13.2. The molecule has 4 rings (SSSR count). The van der Waals surface area contributed by atoms with Gasteiger partial charge in [-0.2, -0.15) is 4.68 Å². The van der Waals surface area contributed by atoms with E-state index in [4.69, 9.17) is 4.74 Å². The zero-order chi connectivity index (χ0) is 22.0. The number of aromatic nitrogens is 4. The Bertz CT molecular complexity index is 1410. The van der Waals surface area contributed by atoms with Crippen molar-refractivity contribution in [3.8, 4) is 11.6 Å². The Labute approximate surface area is 176 Å². The number of rotatable bonds is 5. The summed E-state index contributed by atoms with van der Waals surface area (Å²) in [5.74, 6) is -0.460. The topological polar surface area (TPSA) is 108 Å². The molecule has 0 fully saturated rings. The summed E-state index contributed by atoms with van der Waals surface area (Å²) in [7, 11) is 1.32. The number of ether oxygens (including phenoxy) is 1. The standard InChI is InChI=1S/C22H19N5O4/c1-14(28)24-17-6-3-7-18(12-17)27-22(30)26(21(29)20(25-27)31-2)13-15-8-9-19-16(11-15)5-4-10-23-19/h3-12H,13H2,1-2H3,(H,24,28). The Morgan fingerprint density at radius 2 is 1.94 bits per heavy atom. The van der Waals surface area contributed by atoms with Crippen LogP contribution in [0.3, 0.4) is 0 Å². The van der Waals surface area contributed by atoms with Crippen molar-refractivity contribution in [2.75, 3.05) is 12.4 Å². The van der Waals surface area contributed by atoms with Gasteiger partial charge in [0.25, 0.3) is 5.88 Å². The van der Waals surface area contributed by atoms with Gasteiger partial charge in [-0.25, -0.2) is 9.36 Å². The summed E-state index contributed by atoms with van der Waals surface area (Å²) in [5.41, 5.74) is 1.19. The molecule has 1 amide bonds. The number of nitrogens with zero attached hydrogens (tertiary/aromatic N) is 4. The van der Waals surface area contributed by atoms with Crippen molar-refractivity contribution < 1.29 is 9.53 Å². The molecular weight excluding hydrogens is 398 g/mol. The first-order valence-electron chi connectivity index (χ1n) is 9.46. The van der Waals surface area contributed by atoms with E-state index in [1.165, 1.54) is 14.0 Å². The minimum atomic E-state index is -0.631. The monoisotopic (exact) mass is 417 g/mol. The van der Waals surface area contributed by atoms with Crippen LogP contribution in [-0.2, 0) is 11.3 Å². The van der Waals surface area contributed by atoms with Crippen LogP contribution in [0.15, 0.2) is 70.4 Å². The van der Waals surface area contributed by atoms with E-state index in [1.807, 2.05) is 30.3 Å². The molecule has 0 saturated heterocycles. The molecule has 0 aliphatic rings. The van der Waals surface area contributed by atoms with E-state index in [0.717, 1.165) is 25.7 Å². The van der Waals surface area contributed by atoms with Gasteiger partial charge in [-0.05, 0) is 42.0 Å². The smallest absolute Gasteiger partial charge is 0.352 e. The Morgan fingerprint density at radius 1 is 1.10 bits per heavy atom. The summed E-state index contributed by atoms with van der Waals surface area (Å²) in [4.78, 5) is 41.6. The van der Waals surface area contributed by atoms with Crippen LogP contribution in [0.1, 0.15) is 12.5 Å². The van der Waals surface area contributed by atoms with Gasteiger partial charge in [0.2, 0.25) is 5.91 Å². The van der Waals surface area contributed by atoms with E-state index in [9.17, 15) is 14.4 Å². The van der Waals surface area contributed by atoms with Gasteiger partial charge in [0.05, 0.1) is 24.9 Å². The number of benzene rings is 2. The molecule has 31 heavy (non-hydrogen) atoms. The fraction of sp³-hybridized carbons (Fsp3) is 0.136. The summed E-state index contributed by atoms with van der Waals surface area (Å²) >= 11 is 0. The lowest BCUT2D eigenvalue weighted by Gasteiger charge is -2.12. The highest BCUT2D eigenvalue weighted by Crippen LogP contribution is 2.15. The lowest BCUT2D eigenvalue weighted by molar-refractivity contribution is -0.114. The predicted molar refractivity (Wildman–Crippen MR) is 116 cm³/mol. The number of fused-ring (bicyclic) bond motifs is 1. The Kier molecular flexibility index (Phi) is 5.31. The lowest BCUT2D eigenvalue weighted by atomic mass is 10.1. The average Bonchev–Trinajstić information content (AvgIpc) is 2.76. The molecule has 2 aromatic carbocycles. The van der Waals surface area contributed by atoms with E-state index in [0.29, 0.717) is 11.4 Å². The van der Waals surface area contributed by atoms with E-state index in [1.54, 1.807) is 30.5 Å². The molecule has 0 bridgehead atoms. The Balaban J connectivity index is 1.82. The van der Waals surface area contributed by atoms with Gasteiger partial charge < -0.3 is 10.1 Å². The first-order valence-corrected chi connectivity index (χ1v) is 9.46. The summed E-state index contributed by atoms with van der Waals surface area (Å²) in [5, 5.41) is 7.62. The molecule has 2 heterocycles. The quantitative estimate of drug-likeness (QED) is 0.532. The molecule has 4 aromatic rings.